The van der Waals surface area contributed by atoms with Crippen molar-refractivity contribution in [3.63, 3.8) is 0 Å². The quantitative estimate of drug-likeness (QED) is 0.809. The van der Waals surface area contributed by atoms with E-state index >= 15 is 0 Å². The predicted octanol–water partition coefficient (Wildman–Crippen LogP) is 1.44. The number of carboxylic acid groups (broad SMARTS) is 1. The van der Waals surface area contributed by atoms with Gasteiger partial charge in [0.1, 0.15) is 11.9 Å². The largest absolute Gasteiger partial charge is 0.480 e. The van der Waals surface area contributed by atoms with E-state index in [1.54, 1.807) is 42.4 Å². The van der Waals surface area contributed by atoms with Gasteiger partial charge in [0.05, 0.1) is 6.61 Å². The molecule has 2 rings (SSSR count). The summed E-state index contributed by atoms with van der Waals surface area (Å²) in [5.41, 5.74) is 1.47. The lowest BCUT2D eigenvalue weighted by atomic mass is 10.0. The Morgan fingerprint density at radius 1 is 1.36 bits per heavy atom. The van der Waals surface area contributed by atoms with Gasteiger partial charge in [-0.15, -0.1) is 0 Å². The van der Waals surface area contributed by atoms with Gasteiger partial charge in [-0.25, -0.2) is 4.98 Å². The van der Waals surface area contributed by atoms with Crippen LogP contribution >= 0.6 is 0 Å². The molecule has 1 aromatic heterocycles. The molecule has 0 amide bonds. The Morgan fingerprint density at radius 2 is 2.05 bits per heavy atom. The molecular weight excluding hydrogens is 282 g/mol. The lowest BCUT2D eigenvalue weighted by Crippen LogP contribution is -2.33. The number of benzene rings is 1. The first-order chi connectivity index (χ1) is 10.5. The Labute approximate surface area is 129 Å². The number of aliphatic hydroxyl groups excluding tert-OH is 1. The maximum absolute atomic E-state index is 11.6. The summed E-state index contributed by atoms with van der Waals surface area (Å²) in [5.74, 6) is 0.0224. The van der Waals surface area contributed by atoms with Gasteiger partial charge >= 0.3 is 5.97 Å². The van der Waals surface area contributed by atoms with Gasteiger partial charge in [0, 0.05) is 25.5 Å². The second kappa shape index (κ2) is 7.20. The minimum Gasteiger partial charge on any atom is -0.480 e. The number of likely N-dealkylation sites (N-methyl/N-ethyl adjacent to an activating group) is 1. The molecule has 0 saturated heterocycles. The third kappa shape index (κ3) is 3.72. The number of aliphatic hydroxyl groups is 1. The van der Waals surface area contributed by atoms with Crippen LogP contribution in [0.25, 0.3) is 0 Å². The molecule has 6 nitrogen and oxygen atoms in total. The summed E-state index contributed by atoms with van der Waals surface area (Å²) in [5, 5.41) is 18.6. The Balaban J connectivity index is 2.09. The van der Waals surface area contributed by atoms with Gasteiger partial charge in [-0.3, -0.25) is 9.69 Å². The van der Waals surface area contributed by atoms with E-state index in [2.05, 4.69) is 4.98 Å². The average molecular weight is 303 g/mol. The molecule has 2 aromatic rings. The van der Waals surface area contributed by atoms with Gasteiger partial charge in [-0.2, -0.15) is 0 Å². The van der Waals surface area contributed by atoms with Crippen LogP contribution in [0.2, 0.25) is 0 Å². The Bertz CT molecular complexity index is 622. The van der Waals surface area contributed by atoms with Crippen LogP contribution in [0.15, 0.2) is 36.7 Å². The predicted molar refractivity (Wildman–Crippen MR) is 82.3 cm³/mol. The molecule has 0 bridgehead atoms. The molecule has 0 spiro atoms. The van der Waals surface area contributed by atoms with Gasteiger partial charge in [0.2, 0.25) is 0 Å². The van der Waals surface area contributed by atoms with E-state index in [1.807, 2.05) is 17.7 Å². The van der Waals surface area contributed by atoms with Gasteiger partial charge < -0.3 is 14.8 Å². The number of nitrogens with zero attached hydrogens (tertiary/aromatic N) is 3. The van der Waals surface area contributed by atoms with Crippen molar-refractivity contribution >= 4 is 5.97 Å². The van der Waals surface area contributed by atoms with Crippen LogP contribution in [-0.2, 0) is 17.9 Å². The molecule has 0 radical (unpaired) electrons. The zero-order valence-electron chi connectivity index (χ0n) is 12.8. The zero-order chi connectivity index (χ0) is 16.1. The first kappa shape index (κ1) is 16.2. The molecule has 6 heteroatoms. The highest BCUT2D eigenvalue weighted by molar-refractivity contribution is 5.75. The van der Waals surface area contributed by atoms with Gasteiger partial charge in [-0.1, -0.05) is 24.3 Å². The maximum Gasteiger partial charge on any atom is 0.325 e. The summed E-state index contributed by atoms with van der Waals surface area (Å²) >= 11 is 0. The Hall–Kier alpha value is -2.18. The smallest absolute Gasteiger partial charge is 0.325 e. The standard InChI is InChI=1S/C16H21N3O3/c1-12-17-7-8-19(12)10-9-18(2)15(16(21)22)14-5-3-13(11-20)4-6-14/h3-8,15,20H,9-11H2,1-2H3,(H,21,22)/t15-/m1/s1. The lowest BCUT2D eigenvalue weighted by Gasteiger charge is -2.25. The number of hydrogen-bond acceptors (Lipinski definition) is 4. The molecule has 0 aliphatic heterocycles. The summed E-state index contributed by atoms with van der Waals surface area (Å²) in [6.45, 7) is 3.15. The second-order valence-corrected chi connectivity index (χ2v) is 5.29. The molecule has 22 heavy (non-hydrogen) atoms. The maximum atomic E-state index is 11.6. The summed E-state index contributed by atoms with van der Waals surface area (Å²) in [4.78, 5) is 17.6. The minimum atomic E-state index is -0.887. The summed E-state index contributed by atoms with van der Waals surface area (Å²) < 4.78 is 1.99. The van der Waals surface area contributed by atoms with Gasteiger partial charge in [-0.05, 0) is 25.1 Å². The first-order valence-electron chi connectivity index (χ1n) is 7.13. The van der Waals surface area contributed by atoms with E-state index in [-0.39, 0.29) is 6.61 Å². The van der Waals surface area contributed by atoms with Crippen LogP contribution in [-0.4, -0.2) is 44.2 Å². The number of imidazole rings is 1. The molecule has 1 aromatic carbocycles. The third-order valence-electron chi connectivity index (χ3n) is 3.77. The molecule has 0 aliphatic rings. The van der Waals surface area contributed by atoms with Crippen LogP contribution in [0.3, 0.4) is 0 Å². The van der Waals surface area contributed by atoms with Gasteiger partial charge in [0.25, 0.3) is 0 Å². The number of aryl methyl sites for hydroxylation is 1. The summed E-state index contributed by atoms with van der Waals surface area (Å²) in [6.07, 6.45) is 3.62. The highest BCUT2D eigenvalue weighted by Crippen LogP contribution is 2.20. The SMILES string of the molecule is Cc1nccn1CCN(C)[C@@H](C(=O)O)c1ccc(CO)cc1. The molecule has 0 fully saturated rings. The second-order valence-electron chi connectivity index (χ2n) is 5.29. The fourth-order valence-corrected chi connectivity index (χ4v) is 2.43. The van der Waals surface area contributed by atoms with E-state index < -0.39 is 12.0 Å². The normalized spacial score (nSPS) is 12.5. The van der Waals surface area contributed by atoms with Crippen LogP contribution in [0.4, 0.5) is 0 Å². The van der Waals surface area contributed by atoms with Crippen molar-refractivity contribution in [2.75, 3.05) is 13.6 Å². The average Bonchev–Trinajstić information content (AvgIpc) is 2.91. The van der Waals surface area contributed by atoms with Crippen LogP contribution in [0.1, 0.15) is 23.0 Å². The zero-order valence-corrected chi connectivity index (χ0v) is 12.8. The number of aromatic nitrogens is 2. The van der Waals surface area contributed by atoms with Crippen LogP contribution in [0, 0.1) is 6.92 Å². The van der Waals surface area contributed by atoms with Crippen LogP contribution < -0.4 is 0 Å². The topological polar surface area (TPSA) is 78.6 Å². The fourth-order valence-electron chi connectivity index (χ4n) is 2.43. The number of rotatable bonds is 7. The summed E-state index contributed by atoms with van der Waals surface area (Å²) in [6, 6.07) is 6.29. The van der Waals surface area contributed by atoms with Crippen molar-refractivity contribution in [2.24, 2.45) is 0 Å². The Kier molecular flexibility index (Phi) is 5.30. The fraction of sp³-hybridized carbons (Fsp3) is 0.375. The highest BCUT2D eigenvalue weighted by atomic mass is 16.4. The van der Waals surface area contributed by atoms with Crippen molar-refractivity contribution in [3.05, 3.63) is 53.6 Å². The minimum absolute atomic E-state index is 0.0479. The Morgan fingerprint density at radius 3 is 2.55 bits per heavy atom. The number of hydrogen-bond donors (Lipinski definition) is 2. The van der Waals surface area contributed by atoms with Gasteiger partial charge in [0.15, 0.2) is 0 Å². The molecule has 1 atom stereocenters. The lowest BCUT2D eigenvalue weighted by molar-refractivity contribution is -0.143. The number of aliphatic carboxylic acids is 1. The van der Waals surface area contributed by atoms with Crippen molar-refractivity contribution in [1.82, 2.24) is 14.5 Å². The summed E-state index contributed by atoms with van der Waals surface area (Å²) in [7, 11) is 1.80. The van der Waals surface area contributed by atoms with Crippen molar-refractivity contribution < 1.29 is 15.0 Å². The van der Waals surface area contributed by atoms with E-state index in [4.69, 9.17) is 5.11 Å². The number of carboxylic acids is 1. The third-order valence-corrected chi connectivity index (χ3v) is 3.77. The van der Waals surface area contributed by atoms with E-state index in [1.165, 1.54) is 0 Å². The molecule has 118 valence electrons. The monoisotopic (exact) mass is 303 g/mol. The van der Waals surface area contributed by atoms with E-state index in [0.717, 1.165) is 11.4 Å². The first-order valence-corrected chi connectivity index (χ1v) is 7.13. The molecular formula is C16H21N3O3. The number of carbonyl (C=O) groups is 1. The van der Waals surface area contributed by atoms with Crippen LogP contribution in [0.5, 0.6) is 0 Å². The molecule has 0 saturated carbocycles. The molecule has 2 N–H and O–H groups in total. The molecule has 1 heterocycles. The molecule has 0 aliphatic carbocycles. The van der Waals surface area contributed by atoms with E-state index in [9.17, 15) is 9.90 Å². The van der Waals surface area contributed by atoms with E-state index in [0.29, 0.717) is 18.7 Å². The van der Waals surface area contributed by atoms with Crippen molar-refractivity contribution in [1.29, 1.82) is 0 Å². The molecule has 0 unspecified atom stereocenters. The van der Waals surface area contributed by atoms with Crippen molar-refractivity contribution in [3.8, 4) is 0 Å². The highest BCUT2D eigenvalue weighted by Gasteiger charge is 2.24. The van der Waals surface area contributed by atoms with Crippen molar-refractivity contribution in [2.45, 2.75) is 26.1 Å².